The number of hydrogen-bond acceptors (Lipinski definition) is 1. The molecule has 0 aromatic carbocycles. The number of carbonyl (C=O) groups is 1. The Morgan fingerprint density at radius 1 is 1.80 bits per heavy atom. The van der Waals surface area contributed by atoms with E-state index >= 15 is 0 Å². The molecule has 0 radical (unpaired) electrons. The van der Waals surface area contributed by atoms with Gasteiger partial charge >= 0.3 is 80.9 Å². The Morgan fingerprint density at radius 3 is 1.80 bits per heavy atom. The Hall–Kier alpha value is 2.31. The molecule has 0 aromatic heterocycles. The number of rotatable bonds is 0. The summed E-state index contributed by atoms with van der Waals surface area (Å²) >= 11 is 0. The van der Waals surface area contributed by atoms with E-state index in [9.17, 15) is 0 Å². The fraction of sp³-hybridized carbons (Fsp3) is 0.500. The van der Waals surface area contributed by atoms with Crippen molar-refractivity contribution in [3.63, 3.8) is 0 Å². The van der Waals surface area contributed by atoms with Crippen molar-refractivity contribution in [1.82, 2.24) is 0 Å². The predicted molar refractivity (Wildman–Crippen MR) is 14.0 cm³/mol. The third-order valence-corrected chi connectivity index (χ3v) is 0. The van der Waals surface area contributed by atoms with Crippen LogP contribution < -0.4 is 80.9 Å². The molecule has 1 nitrogen and oxygen atoms in total. The molecule has 0 heterocycles. The molecule has 0 aliphatic heterocycles. The second-order valence-corrected chi connectivity index (χ2v) is 0.236. The van der Waals surface area contributed by atoms with Gasteiger partial charge in [0.25, 0.3) is 0 Å². The van der Waals surface area contributed by atoms with Gasteiger partial charge in [-0.1, -0.05) is 0 Å². The summed E-state index contributed by atoms with van der Waals surface area (Å²) < 4.78 is 0. The average molecular weight is 108 g/mol. The second-order valence-electron chi connectivity index (χ2n) is 0.236. The molecule has 0 saturated heterocycles. The maximum absolute atomic E-state index is 8.81. The zero-order valence-electron chi connectivity index (χ0n) is 5.99. The van der Waals surface area contributed by atoms with Crippen LogP contribution in [-0.2, 0) is 4.79 Å². The van der Waals surface area contributed by atoms with Gasteiger partial charge < -0.3 is 7.65 Å². The fourth-order valence-electron chi connectivity index (χ4n) is 0. The van der Waals surface area contributed by atoms with E-state index in [-0.39, 0.29) is 83.8 Å². The van der Waals surface area contributed by atoms with Gasteiger partial charge in [0, 0.05) is 0 Å². The van der Waals surface area contributed by atoms with Gasteiger partial charge in [-0.25, -0.2) is 0 Å². The molecule has 5 heavy (non-hydrogen) atoms. The molecule has 0 saturated carbocycles. The van der Waals surface area contributed by atoms with Gasteiger partial charge in [-0.05, 0) is 6.92 Å². The van der Waals surface area contributed by atoms with Crippen LogP contribution in [0, 0.1) is 0 Å². The number of hydrogen-bond donors (Lipinski definition) is 0. The first-order valence-corrected chi connectivity index (χ1v) is 0.813. The maximum atomic E-state index is 8.81. The molecular weight excluding hydrogens is 102 g/mol. The Kier molecular flexibility index (Phi) is 50.9. The van der Waals surface area contributed by atoms with Crippen molar-refractivity contribution >= 4 is 6.29 Å². The third-order valence-electron chi connectivity index (χ3n) is 0. The van der Waals surface area contributed by atoms with Crippen molar-refractivity contribution in [3.8, 4) is 0 Å². The zero-order valence-corrected chi connectivity index (χ0v) is 9.11. The summed E-state index contributed by atoms with van der Waals surface area (Å²) in [6, 6.07) is 0. The number of carbonyl (C=O) groups excluding carboxylic acids is 1. The first kappa shape index (κ1) is 15.7. The minimum absolute atomic E-state index is 0. The molecule has 0 unspecified atom stereocenters. The first-order valence-electron chi connectivity index (χ1n) is 0.813. The molecule has 0 rings (SSSR count). The number of aldehydes is 1. The van der Waals surface area contributed by atoms with Gasteiger partial charge in [-0.2, -0.15) is 0 Å². The molecule has 0 atom stereocenters. The van der Waals surface area contributed by atoms with Gasteiger partial charge in [0.15, 0.2) is 0 Å². The summed E-state index contributed by atoms with van der Waals surface area (Å²) in [7, 11) is 0. The van der Waals surface area contributed by atoms with E-state index in [1.807, 2.05) is 0 Å². The van der Waals surface area contributed by atoms with Crippen LogP contribution in [0.5, 0.6) is 0 Å². The Bertz CT molecular complexity index is 23.2. The molecule has 0 aromatic rings. The monoisotopic (exact) mass is 108 g/mol. The van der Waals surface area contributed by atoms with Crippen LogP contribution in [0.1, 0.15) is 9.78 Å². The Labute approximate surface area is 99.6 Å². The van der Waals surface area contributed by atoms with Crippen LogP contribution in [-0.4, -0.2) is 6.29 Å². The van der Waals surface area contributed by atoms with Gasteiger partial charge in [0.1, 0.15) is 6.29 Å². The average Bonchev–Trinajstić information content (AvgIpc) is 0.918. The normalized spacial score (nSPS) is 2.60. The summed E-state index contributed by atoms with van der Waals surface area (Å²) in [6.45, 7) is 1.44. The van der Waals surface area contributed by atoms with Crippen LogP contribution in [0.4, 0.5) is 0 Å². The van der Waals surface area contributed by atoms with Crippen LogP contribution in [0.3, 0.4) is 0 Å². The van der Waals surface area contributed by atoms with Crippen LogP contribution in [0.25, 0.3) is 0 Å². The minimum Gasteiger partial charge on any atom is -1.00 e. The summed E-state index contributed by atoms with van der Waals surface area (Å²) in [5.74, 6) is 0. The second kappa shape index (κ2) is 16.2. The summed E-state index contributed by atoms with van der Waals surface area (Å²) in [4.78, 5) is 8.81. The van der Waals surface area contributed by atoms with Gasteiger partial charge in [-0.15, -0.1) is 0 Å². The minimum atomic E-state index is 0. The van der Waals surface area contributed by atoms with E-state index < -0.39 is 0 Å². The maximum Gasteiger partial charge on any atom is 1.00 e. The van der Waals surface area contributed by atoms with E-state index in [1.165, 1.54) is 6.92 Å². The molecule has 0 aliphatic rings. The van der Waals surface area contributed by atoms with Gasteiger partial charge in [0.2, 0.25) is 0 Å². The van der Waals surface area contributed by atoms with Crippen molar-refractivity contribution in [2.24, 2.45) is 0 Å². The summed E-state index contributed by atoms with van der Waals surface area (Å²) in [5, 5.41) is 0. The molecular formula is C2H6KNaO. The molecule has 0 fully saturated rings. The summed E-state index contributed by atoms with van der Waals surface area (Å²) in [6.07, 6.45) is 0.750. The van der Waals surface area contributed by atoms with Crippen LogP contribution >= 0.6 is 0 Å². The van der Waals surface area contributed by atoms with Gasteiger partial charge in [0.05, 0.1) is 0 Å². The Morgan fingerprint density at radius 2 is 1.80 bits per heavy atom. The van der Waals surface area contributed by atoms with Crippen molar-refractivity contribution in [1.29, 1.82) is 0 Å². The van der Waals surface area contributed by atoms with Crippen molar-refractivity contribution in [2.45, 2.75) is 6.92 Å². The third kappa shape index (κ3) is 22.0. The molecule has 0 bridgehead atoms. The standard InChI is InChI=1S/C2H4O.K.Na.2H/c1-2-3;;;;/h2H,1H3;;;;/q;2*+1;2*-1. The van der Waals surface area contributed by atoms with Crippen LogP contribution in [0.2, 0.25) is 0 Å². The smallest absolute Gasteiger partial charge is 1.00 e. The quantitative estimate of drug-likeness (QED) is 0.223. The van der Waals surface area contributed by atoms with Crippen molar-refractivity contribution < 1.29 is 88.6 Å². The largest absolute Gasteiger partial charge is 1.00 e. The molecule has 0 spiro atoms. The fourth-order valence-corrected chi connectivity index (χ4v) is 0. The van der Waals surface area contributed by atoms with E-state index in [1.54, 1.807) is 0 Å². The topological polar surface area (TPSA) is 17.1 Å². The molecule has 0 aliphatic carbocycles. The molecule has 3 heteroatoms. The zero-order chi connectivity index (χ0) is 2.71. The van der Waals surface area contributed by atoms with Crippen molar-refractivity contribution in [2.75, 3.05) is 0 Å². The van der Waals surface area contributed by atoms with Gasteiger partial charge in [-0.3, -0.25) is 0 Å². The predicted octanol–water partition coefficient (Wildman–Crippen LogP) is -5.56. The van der Waals surface area contributed by atoms with E-state index in [0.29, 0.717) is 0 Å². The SMILES string of the molecule is CC=O.[H-].[H-].[K+].[Na+]. The van der Waals surface area contributed by atoms with Crippen LogP contribution in [0.15, 0.2) is 0 Å². The molecule has 0 N–H and O–H groups in total. The van der Waals surface area contributed by atoms with E-state index in [0.717, 1.165) is 6.29 Å². The molecule has 22 valence electrons. The first-order chi connectivity index (χ1) is 1.41. The molecule has 0 amide bonds. The van der Waals surface area contributed by atoms with Crippen molar-refractivity contribution in [3.05, 3.63) is 0 Å². The van der Waals surface area contributed by atoms with E-state index in [2.05, 4.69) is 0 Å². The Balaban J connectivity index is -0.00000000333. The summed E-state index contributed by atoms with van der Waals surface area (Å²) in [5.41, 5.74) is 0. The van der Waals surface area contributed by atoms with E-state index in [4.69, 9.17) is 4.79 Å².